The second kappa shape index (κ2) is 6.79. The number of aryl methyl sites for hydroxylation is 2. The highest BCUT2D eigenvalue weighted by Gasteiger charge is 2.12. The number of rotatable bonds is 5. The first-order chi connectivity index (χ1) is 11.2. The molecular weight excluding hydrogens is 308 g/mol. The van der Waals surface area contributed by atoms with Crippen molar-refractivity contribution in [2.45, 2.75) is 26.7 Å². The van der Waals surface area contributed by atoms with Gasteiger partial charge in [-0.1, -0.05) is 25.1 Å². The predicted octanol–water partition coefficient (Wildman–Crippen LogP) is 4.46. The normalized spacial score (nSPS) is 10.7. The van der Waals surface area contributed by atoms with Crippen LogP contribution >= 0.6 is 11.3 Å². The number of hydrogen-bond donors (Lipinski definition) is 1. The Hall–Kier alpha value is -2.40. The first-order valence-electron chi connectivity index (χ1n) is 7.54. The molecule has 0 spiro atoms. The summed E-state index contributed by atoms with van der Waals surface area (Å²) in [6.07, 6.45) is 2.76. The maximum atomic E-state index is 12.3. The molecule has 0 bridgehead atoms. The van der Waals surface area contributed by atoms with Crippen LogP contribution in [0, 0.1) is 6.92 Å². The van der Waals surface area contributed by atoms with Crippen LogP contribution in [-0.4, -0.2) is 10.9 Å². The fraction of sp³-hybridized carbons (Fsp3) is 0.222. The molecule has 0 atom stereocenters. The third-order valence-corrected chi connectivity index (χ3v) is 4.54. The second-order valence-electron chi connectivity index (χ2n) is 5.31. The number of benzene rings is 1. The van der Waals surface area contributed by atoms with E-state index in [1.54, 1.807) is 6.26 Å². The number of anilines is 1. The maximum Gasteiger partial charge on any atom is 0.230 e. The lowest BCUT2D eigenvalue weighted by Gasteiger charge is -2.12. The Bertz CT molecular complexity index is 806. The lowest BCUT2D eigenvalue weighted by molar-refractivity contribution is -0.115. The van der Waals surface area contributed by atoms with E-state index < -0.39 is 0 Å². The minimum absolute atomic E-state index is 0.0507. The Morgan fingerprint density at radius 3 is 2.91 bits per heavy atom. The molecule has 0 aliphatic carbocycles. The van der Waals surface area contributed by atoms with Gasteiger partial charge < -0.3 is 9.73 Å². The predicted molar refractivity (Wildman–Crippen MR) is 92.7 cm³/mol. The molecule has 0 aliphatic rings. The van der Waals surface area contributed by atoms with E-state index in [-0.39, 0.29) is 12.3 Å². The van der Waals surface area contributed by atoms with Gasteiger partial charge in [0.2, 0.25) is 5.91 Å². The summed E-state index contributed by atoms with van der Waals surface area (Å²) < 4.78 is 5.33. The molecule has 3 rings (SSSR count). The fourth-order valence-electron chi connectivity index (χ4n) is 2.45. The standard InChI is InChI=1S/C18H18N2O2S/c1-3-13-7-4-6-12(2)17(13)20-16(21)10-14-11-23-18(19-14)15-8-5-9-22-15/h4-9,11H,3,10H2,1-2H3,(H,20,21). The van der Waals surface area contributed by atoms with Crippen LogP contribution < -0.4 is 5.32 Å². The van der Waals surface area contributed by atoms with Crippen molar-refractivity contribution in [3.8, 4) is 10.8 Å². The molecule has 0 aliphatic heterocycles. The van der Waals surface area contributed by atoms with E-state index in [0.717, 1.165) is 39.7 Å². The van der Waals surface area contributed by atoms with Crippen molar-refractivity contribution < 1.29 is 9.21 Å². The molecule has 5 heteroatoms. The van der Waals surface area contributed by atoms with Gasteiger partial charge in [-0.25, -0.2) is 4.98 Å². The molecule has 0 saturated carbocycles. The molecular formula is C18H18N2O2S. The number of para-hydroxylation sites is 1. The van der Waals surface area contributed by atoms with Gasteiger partial charge in [-0.15, -0.1) is 11.3 Å². The highest BCUT2D eigenvalue weighted by atomic mass is 32.1. The number of carbonyl (C=O) groups excluding carboxylic acids is 1. The van der Waals surface area contributed by atoms with Gasteiger partial charge in [0.05, 0.1) is 18.4 Å². The molecule has 2 aromatic heterocycles. The lowest BCUT2D eigenvalue weighted by Crippen LogP contribution is -2.16. The van der Waals surface area contributed by atoms with Crippen molar-refractivity contribution >= 4 is 22.9 Å². The number of nitrogens with one attached hydrogen (secondary N) is 1. The minimum Gasteiger partial charge on any atom is -0.462 e. The first-order valence-corrected chi connectivity index (χ1v) is 8.42. The summed E-state index contributed by atoms with van der Waals surface area (Å²) in [5.74, 6) is 0.680. The monoisotopic (exact) mass is 326 g/mol. The molecule has 1 aromatic carbocycles. The Kier molecular flexibility index (Phi) is 4.57. The number of nitrogens with zero attached hydrogens (tertiary/aromatic N) is 1. The largest absolute Gasteiger partial charge is 0.462 e. The van der Waals surface area contributed by atoms with E-state index in [4.69, 9.17) is 4.42 Å². The van der Waals surface area contributed by atoms with Gasteiger partial charge in [0.25, 0.3) is 0 Å². The Morgan fingerprint density at radius 2 is 2.17 bits per heavy atom. The van der Waals surface area contributed by atoms with Crippen molar-refractivity contribution in [2.24, 2.45) is 0 Å². The summed E-state index contributed by atoms with van der Waals surface area (Å²) in [6, 6.07) is 9.75. The number of hydrogen-bond acceptors (Lipinski definition) is 4. The van der Waals surface area contributed by atoms with E-state index in [1.807, 2.05) is 42.6 Å². The summed E-state index contributed by atoms with van der Waals surface area (Å²) in [5, 5.41) is 5.72. The van der Waals surface area contributed by atoms with E-state index in [0.29, 0.717) is 0 Å². The molecule has 2 heterocycles. The number of furan rings is 1. The van der Waals surface area contributed by atoms with E-state index in [9.17, 15) is 4.79 Å². The topological polar surface area (TPSA) is 55.1 Å². The van der Waals surface area contributed by atoms with Gasteiger partial charge in [-0.2, -0.15) is 0 Å². The molecule has 0 radical (unpaired) electrons. The van der Waals surface area contributed by atoms with Crippen molar-refractivity contribution in [3.05, 3.63) is 58.8 Å². The van der Waals surface area contributed by atoms with Gasteiger partial charge in [-0.05, 0) is 36.6 Å². The molecule has 118 valence electrons. The zero-order valence-electron chi connectivity index (χ0n) is 13.1. The number of carbonyl (C=O) groups is 1. The van der Waals surface area contributed by atoms with Crippen LogP contribution in [0.1, 0.15) is 23.7 Å². The van der Waals surface area contributed by atoms with E-state index >= 15 is 0 Å². The van der Waals surface area contributed by atoms with Gasteiger partial charge in [-0.3, -0.25) is 4.79 Å². The van der Waals surface area contributed by atoms with Crippen LogP contribution in [0.3, 0.4) is 0 Å². The Labute approximate surface area is 139 Å². The van der Waals surface area contributed by atoms with Crippen LogP contribution in [0.5, 0.6) is 0 Å². The zero-order chi connectivity index (χ0) is 16.2. The minimum atomic E-state index is -0.0507. The third-order valence-electron chi connectivity index (χ3n) is 3.63. The molecule has 23 heavy (non-hydrogen) atoms. The van der Waals surface area contributed by atoms with Crippen LogP contribution in [0.4, 0.5) is 5.69 Å². The molecule has 0 fully saturated rings. The van der Waals surface area contributed by atoms with Crippen molar-refractivity contribution in [3.63, 3.8) is 0 Å². The molecule has 0 unspecified atom stereocenters. The van der Waals surface area contributed by atoms with E-state index in [2.05, 4.69) is 17.2 Å². The number of aromatic nitrogens is 1. The summed E-state index contributed by atoms with van der Waals surface area (Å²) in [5.41, 5.74) is 3.90. The highest BCUT2D eigenvalue weighted by molar-refractivity contribution is 7.13. The lowest BCUT2D eigenvalue weighted by atomic mass is 10.1. The van der Waals surface area contributed by atoms with Gasteiger partial charge >= 0.3 is 0 Å². The van der Waals surface area contributed by atoms with Crippen LogP contribution in [-0.2, 0) is 17.6 Å². The van der Waals surface area contributed by atoms with Gasteiger partial charge in [0, 0.05) is 11.1 Å². The zero-order valence-corrected chi connectivity index (χ0v) is 13.9. The first kappa shape index (κ1) is 15.5. The summed E-state index contributed by atoms with van der Waals surface area (Å²) in [4.78, 5) is 16.8. The van der Waals surface area contributed by atoms with Crippen molar-refractivity contribution in [1.29, 1.82) is 0 Å². The average Bonchev–Trinajstić information content (AvgIpc) is 3.20. The molecule has 3 aromatic rings. The maximum absolute atomic E-state index is 12.3. The van der Waals surface area contributed by atoms with Gasteiger partial charge in [0.1, 0.15) is 0 Å². The van der Waals surface area contributed by atoms with E-state index in [1.165, 1.54) is 11.3 Å². The SMILES string of the molecule is CCc1cccc(C)c1NC(=O)Cc1csc(-c2ccco2)n1. The third kappa shape index (κ3) is 3.51. The summed E-state index contributed by atoms with van der Waals surface area (Å²) in [6.45, 7) is 4.09. The molecule has 1 N–H and O–H groups in total. The molecule has 4 nitrogen and oxygen atoms in total. The Morgan fingerprint density at radius 1 is 1.30 bits per heavy atom. The average molecular weight is 326 g/mol. The highest BCUT2D eigenvalue weighted by Crippen LogP contribution is 2.25. The number of amides is 1. The summed E-state index contributed by atoms with van der Waals surface area (Å²) in [7, 11) is 0. The second-order valence-corrected chi connectivity index (χ2v) is 6.17. The van der Waals surface area contributed by atoms with Crippen molar-refractivity contribution in [1.82, 2.24) is 4.98 Å². The Balaban J connectivity index is 1.71. The van der Waals surface area contributed by atoms with Gasteiger partial charge in [0.15, 0.2) is 10.8 Å². The summed E-state index contributed by atoms with van der Waals surface area (Å²) >= 11 is 1.48. The molecule has 0 saturated heterocycles. The number of thiazole rings is 1. The van der Waals surface area contributed by atoms with Crippen LogP contribution in [0.15, 0.2) is 46.4 Å². The molecule has 1 amide bonds. The van der Waals surface area contributed by atoms with Crippen LogP contribution in [0.2, 0.25) is 0 Å². The van der Waals surface area contributed by atoms with Crippen molar-refractivity contribution in [2.75, 3.05) is 5.32 Å². The van der Waals surface area contributed by atoms with Crippen LogP contribution in [0.25, 0.3) is 10.8 Å². The quantitative estimate of drug-likeness (QED) is 0.753. The smallest absolute Gasteiger partial charge is 0.230 e. The fourth-order valence-corrected chi connectivity index (χ4v) is 3.24.